The summed E-state index contributed by atoms with van der Waals surface area (Å²) in [6, 6.07) is -0.537. The summed E-state index contributed by atoms with van der Waals surface area (Å²) in [6.45, 7) is 4.99. The summed E-state index contributed by atoms with van der Waals surface area (Å²) < 4.78 is 0. The third kappa shape index (κ3) is 4.29. The van der Waals surface area contributed by atoms with Crippen molar-refractivity contribution in [3.63, 3.8) is 0 Å². The molecule has 0 aromatic carbocycles. The van der Waals surface area contributed by atoms with E-state index in [2.05, 4.69) is 24.5 Å². The van der Waals surface area contributed by atoms with Crippen LogP contribution >= 0.6 is 0 Å². The molecule has 1 rings (SSSR count). The number of amides is 2. The van der Waals surface area contributed by atoms with Gasteiger partial charge in [-0.05, 0) is 31.7 Å². The van der Waals surface area contributed by atoms with Crippen LogP contribution in [0.3, 0.4) is 0 Å². The minimum Gasteiger partial charge on any atom is -0.347 e. The van der Waals surface area contributed by atoms with E-state index in [1.807, 2.05) is 0 Å². The second-order valence-corrected chi connectivity index (χ2v) is 5.57. The van der Waals surface area contributed by atoms with Crippen LogP contribution in [0, 0.1) is 5.92 Å². The highest BCUT2D eigenvalue weighted by Gasteiger charge is 2.28. The van der Waals surface area contributed by atoms with Crippen LogP contribution in [0.1, 0.15) is 33.1 Å². The van der Waals surface area contributed by atoms with Crippen LogP contribution in [-0.4, -0.2) is 49.4 Å². The van der Waals surface area contributed by atoms with Crippen LogP contribution in [0.15, 0.2) is 0 Å². The molecule has 2 N–H and O–H groups in total. The predicted molar refractivity (Wildman–Crippen MR) is 71.1 cm³/mol. The molecule has 2 amide bonds. The Labute approximate surface area is 109 Å². The molecule has 1 saturated heterocycles. The van der Waals surface area contributed by atoms with E-state index in [0.29, 0.717) is 12.3 Å². The van der Waals surface area contributed by atoms with Gasteiger partial charge in [0.2, 0.25) is 11.8 Å². The molecular weight excluding hydrogens is 230 g/mol. The molecule has 18 heavy (non-hydrogen) atoms. The van der Waals surface area contributed by atoms with Crippen LogP contribution in [0.2, 0.25) is 0 Å². The van der Waals surface area contributed by atoms with Gasteiger partial charge in [-0.25, -0.2) is 0 Å². The van der Waals surface area contributed by atoms with Gasteiger partial charge in [-0.1, -0.05) is 13.8 Å². The van der Waals surface area contributed by atoms with Crippen LogP contribution in [-0.2, 0) is 9.59 Å². The van der Waals surface area contributed by atoms with Crippen molar-refractivity contribution in [1.82, 2.24) is 15.5 Å². The van der Waals surface area contributed by atoms with Gasteiger partial charge in [0.15, 0.2) is 0 Å². The summed E-state index contributed by atoms with van der Waals surface area (Å²) in [5, 5.41) is 6.03. The van der Waals surface area contributed by atoms with E-state index < -0.39 is 6.04 Å². The quantitative estimate of drug-likeness (QED) is 0.745. The topological polar surface area (TPSA) is 61.4 Å². The standard InChI is InChI=1S/C13H25N3O2/c1-9(2)8-11(13(18)16(3)4)15-12(17)10-6-5-7-14-10/h9-11,14H,5-8H2,1-4H3,(H,15,17)/t10-,11?/m0/s1. The van der Waals surface area contributed by atoms with Crippen molar-refractivity contribution >= 4 is 11.8 Å². The second kappa shape index (κ2) is 6.73. The van der Waals surface area contributed by atoms with Gasteiger partial charge in [0.25, 0.3) is 0 Å². The highest BCUT2D eigenvalue weighted by atomic mass is 16.2. The average molecular weight is 255 g/mol. The normalized spacial score (nSPS) is 20.8. The zero-order valence-electron chi connectivity index (χ0n) is 11.8. The maximum absolute atomic E-state index is 12.0. The van der Waals surface area contributed by atoms with Gasteiger partial charge in [0.1, 0.15) is 6.04 Å². The lowest BCUT2D eigenvalue weighted by atomic mass is 10.0. The molecule has 1 fully saturated rings. The first-order valence-corrected chi connectivity index (χ1v) is 6.66. The molecule has 5 heteroatoms. The number of nitrogens with one attached hydrogen (secondary N) is 2. The van der Waals surface area contributed by atoms with Crippen LogP contribution in [0.5, 0.6) is 0 Å². The first-order chi connectivity index (χ1) is 8.41. The van der Waals surface area contributed by atoms with Crippen molar-refractivity contribution in [3.05, 3.63) is 0 Å². The third-order valence-electron chi connectivity index (χ3n) is 3.14. The van der Waals surface area contributed by atoms with Gasteiger partial charge in [0, 0.05) is 14.1 Å². The Balaban J connectivity index is 2.59. The van der Waals surface area contributed by atoms with Gasteiger partial charge < -0.3 is 15.5 Å². The molecule has 0 aliphatic carbocycles. The number of nitrogens with zero attached hydrogens (tertiary/aromatic N) is 1. The van der Waals surface area contributed by atoms with Gasteiger partial charge in [-0.2, -0.15) is 0 Å². The monoisotopic (exact) mass is 255 g/mol. The maximum atomic E-state index is 12.0. The van der Waals surface area contributed by atoms with Gasteiger partial charge >= 0.3 is 0 Å². The van der Waals surface area contributed by atoms with Crippen molar-refractivity contribution < 1.29 is 9.59 Å². The number of hydrogen-bond donors (Lipinski definition) is 2. The molecule has 1 aliphatic rings. The van der Waals surface area contributed by atoms with Gasteiger partial charge in [-0.3, -0.25) is 9.59 Å². The Morgan fingerprint density at radius 3 is 2.50 bits per heavy atom. The average Bonchev–Trinajstić information content (AvgIpc) is 2.79. The molecule has 1 heterocycles. The van der Waals surface area contributed by atoms with Crippen molar-refractivity contribution in [2.45, 2.75) is 45.2 Å². The number of hydrogen-bond acceptors (Lipinski definition) is 3. The largest absolute Gasteiger partial charge is 0.347 e. The molecule has 0 radical (unpaired) electrons. The third-order valence-corrected chi connectivity index (χ3v) is 3.14. The Bertz CT molecular complexity index is 297. The molecule has 5 nitrogen and oxygen atoms in total. The molecular formula is C13H25N3O2. The highest BCUT2D eigenvalue weighted by molar-refractivity contribution is 5.89. The number of carbonyl (C=O) groups is 2. The highest BCUT2D eigenvalue weighted by Crippen LogP contribution is 2.09. The Morgan fingerprint density at radius 1 is 1.39 bits per heavy atom. The first kappa shape index (κ1) is 15.0. The van der Waals surface area contributed by atoms with E-state index in [4.69, 9.17) is 0 Å². The Morgan fingerprint density at radius 2 is 2.06 bits per heavy atom. The Hall–Kier alpha value is -1.10. The van der Waals surface area contributed by atoms with Crippen molar-refractivity contribution in [3.8, 4) is 0 Å². The molecule has 104 valence electrons. The van der Waals surface area contributed by atoms with E-state index >= 15 is 0 Å². The lowest BCUT2D eigenvalue weighted by molar-refractivity contribution is -0.135. The van der Waals surface area contributed by atoms with E-state index in [9.17, 15) is 9.59 Å². The molecule has 0 aromatic heterocycles. The van der Waals surface area contributed by atoms with Crippen molar-refractivity contribution in [1.29, 1.82) is 0 Å². The SMILES string of the molecule is CC(C)CC(NC(=O)[C@@H]1CCCN1)C(=O)N(C)C. The summed E-state index contributed by atoms with van der Waals surface area (Å²) >= 11 is 0. The molecule has 0 bridgehead atoms. The first-order valence-electron chi connectivity index (χ1n) is 6.66. The fourth-order valence-electron chi connectivity index (χ4n) is 2.19. The van der Waals surface area contributed by atoms with Gasteiger partial charge in [0.05, 0.1) is 6.04 Å². The zero-order valence-corrected chi connectivity index (χ0v) is 11.8. The van der Waals surface area contributed by atoms with E-state index in [-0.39, 0.29) is 17.9 Å². The fraction of sp³-hybridized carbons (Fsp3) is 0.846. The summed E-state index contributed by atoms with van der Waals surface area (Å²) in [7, 11) is 3.44. The van der Waals surface area contributed by atoms with E-state index in [1.54, 1.807) is 14.1 Å². The van der Waals surface area contributed by atoms with E-state index in [1.165, 1.54) is 4.90 Å². The smallest absolute Gasteiger partial charge is 0.244 e. The lowest BCUT2D eigenvalue weighted by Gasteiger charge is -2.24. The second-order valence-electron chi connectivity index (χ2n) is 5.57. The number of carbonyl (C=O) groups excluding carboxylic acids is 2. The minimum absolute atomic E-state index is 0.0324. The summed E-state index contributed by atoms with van der Waals surface area (Å²) in [6.07, 6.45) is 2.56. The molecule has 1 aliphatic heterocycles. The fourth-order valence-corrected chi connectivity index (χ4v) is 2.19. The van der Waals surface area contributed by atoms with Crippen LogP contribution in [0.4, 0.5) is 0 Å². The van der Waals surface area contributed by atoms with Gasteiger partial charge in [-0.15, -0.1) is 0 Å². The summed E-state index contributed by atoms with van der Waals surface area (Å²) in [5.74, 6) is 0.291. The molecule has 0 spiro atoms. The molecule has 0 saturated carbocycles. The molecule has 0 aromatic rings. The zero-order chi connectivity index (χ0) is 13.7. The number of rotatable bonds is 5. The van der Waals surface area contributed by atoms with Crippen molar-refractivity contribution in [2.24, 2.45) is 5.92 Å². The van der Waals surface area contributed by atoms with Crippen molar-refractivity contribution in [2.75, 3.05) is 20.6 Å². The predicted octanol–water partition coefficient (Wildman–Crippen LogP) is 0.358. The Kier molecular flexibility index (Phi) is 5.59. The van der Waals surface area contributed by atoms with Crippen LogP contribution in [0.25, 0.3) is 0 Å². The maximum Gasteiger partial charge on any atom is 0.244 e. The molecule has 2 atom stereocenters. The summed E-state index contributed by atoms with van der Waals surface area (Å²) in [4.78, 5) is 25.6. The summed E-state index contributed by atoms with van der Waals surface area (Å²) in [5.41, 5.74) is 0. The number of likely N-dealkylation sites (N-methyl/N-ethyl adjacent to an activating group) is 1. The van der Waals surface area contributed by atoms with E-state index in [0.717, 1.165) is 19.4 Å². The molecule has 1 unspecified atom stereocenters. The van der Waals surface area contributed by atoms with Crippen LogP contribution < -0.4 is 10.6 Å². The lowest BCUT2D eigenvalue weighted by Crippen LogP contribution is -2.51. The minimum atomic E-state index is -0.408.